The molecule has 0 radical (unpaired) electrons. The summed E-state index contributed by atoms with van der Waals surface area (Å²) in [5, 5.41) is 0. The molecule has 0 unspecified atom stereocenters. The van der Waals surface area contributed by atoms with Crippen LogP contribution in [-0.4, -0.2) is 6.54 Å². The summed E-state index contributed by atoms with van der Waals surface area (Å²) in [6, 6.07) is 14.4. The van der Waals surface area contributed by atoms with Crippen LogP contribution in [0.4, 0.5) is 0 Å². The predicted molar refractivity (Wildman–Crippen MR) is 78.8 cm³/mol. The fourth-order valence-electron chi connectivity index (χ4n) is 1.74. The normalized spacial score (nSPS) is 11.0. The summed E-state index contributed by atoms with van der Waals surface area (Å²) in [6.45, 7) is 1.48. The molecular weight excluding hydrogens is 288 g/mol. The number of benzene rings is 1. The molecule has 1 aromatic carbocycles. The van der Waals surface area contributed by atoms with Crippen molar-refractivity contribution in [1.29, 1.82) is 0 Å². The fraction of sp³-hybridized carbons (Fsp3) is 0.133. The molecule has 0 spiro atoms. The summed E-state index contributed by atoms with van der Waals surface area (Å²) in [6.07, 6.45) is 6.27. The van der Waals surface area contributed by atoms with Crippen molar-refractivity contribution in [3.05, 3.63) is 64.4 Å². The first-order chi connectivity index (χ1) is 8.79. The van der Waals surface area contributed by atoms with Crippen molar-refractivity contribution in [2.45, 2.75) is 6.54 Å². The fourth-order valence-corrected chi connectivity index (χ4v) is 2.00. The lowest BCUT2D eigenvalue weighted by Gasteiger charge is -1.98. The first-order valence-corrected chi connectivity index (χ1v) is 6.71. The first kappa shape index (κ1) is 13.0. The van der Waals surface area contributed by atoms with E-state index in [0.717, 1.165) is 16.7 Å². The van der Waals surface area contributed by atoms with Crippen LogP contribution in [0.3, 0.4) is 0 Å². The molecule has 18 heavy (non-hydrogen) atoms. The molecule has 2 aromatic rings. The van der Waals surface area contributed by atoms with E-state index in [2.05, 4.69) is 50.8 Å². The van der Waals surface area contributed by atoms with E-state index in [1.807, 2.05) is 30.5 Å². The number of aromatic nitrogens is 1. The maximum absolute atomic E-state index is 5.60. The Hall–Kier alpha value is -1.45. The summed E-state index contributed by atoms with van der Waals surface area (Å²) in [4.78, 5) is 0. The van der Waals surface area contributed by atoms with Gasteiger partial charge in [0.05, 0.1) is 6.54 Å². The standard InChI is InChI=1S/C15H16BrN2/c16-14-7-4-13(5-8-14)6-9-15-3-1-2-11-18(15)12-10-17/h1-9,11H,10,12,17H2/q+1/b9-6+. The lowest BCUT2D eigenvalue weighted by Crippen LogP contribution is -2.39. The smallest absolute Gasteiger partial charge is 0.205 e. The Morgan fingerprint density at radius 1 is 1.06 bits per heavy atom. The predicted octanol–water partition coefficient (Wildman–Crippen LogP) is 2.87. The van der Waals surface area contributed by atoms with Gasteiger partial charge in [0.1, 0.15) is 0 Å². The third kappa shape index (κ3) is 3.52. The Kier molecular flexibility index (Phi) is 4.67. The van der Waals surface area contributed by atoms with Gasteiger partial charge in [-0.2, -0.15) is 4.57 Å². The quantitative estimate of drug-likeness (QED) is 0.865. The zero-order chi connectivity index (χ0) is 12.8. The average Bonchev–Trinajstić information content (AvgIpc) is 2.40. The first-order valence-electron chi connectivity index (χ1n) is 5.92. The van der Waals surface area contributed by atoms with Gasteiger partial charge < -0.3 is 5.73 Å². The number of hydrogen-bond acceptors (Lipinski definition) is 1. The van der Waals surface area contributed by atoms with Gasteiger partial charge in [-0.1, -0.05) is 28.1 Å². The molecule has 1 heterocycles. The number of pyridine rings is 1. The lowest BCUT2D eigenvalue weighted by atomic mass is 10.2. The van der Waals surface area contributed by atoms with Crippen molar-refractivity contribution < 1.29 is 4.57 Å². The Morgan fingerprint density at radius 2 is 1.83 bits per heavy atom. The van der Waals surface area contributed by atoms with Crippen LogP contribution in [0.5, 0.6) is 0 Å². The maximum Gasteiger partial charge on any atom is 0.205 e. The van der Waals surface area contributed by atoms with Crippen molar-refractivity contribution in [3.63, 3.8) is 0 Å². The van der Waals surface area contributed by atoms with Crippen LogP contribution in [-0.2, 0) is 6.54 Å². The Morgan fingerprint density at radius 3 is 2.56 bits per heavy atom. The molecule has 1 aromatic heterocycles. The van der Waals surface area contributed by atoms with Crippen molar-refractivity contribution in [3.8, 4) is 0 Å². The van der Waals surface area contributed by atoms with E-state index in [-0.39, 0.29) is 0 Å². The topological polar surface area (TPSA) is 29.9 Å². The van der Waals surface area contributed by atoms with Gasteiger partial charge >= 0.3 is 0 Å². The minimum Gasteiger partial charge on any atom is -0.325 e. The summed E-state index contributed by atoms with van der Waals surface area (Å²) in [7, 11) is 0. The van der Waals surface area contributed by atoms with Gasteiger partial charge in [-0.05, 0) is 29.8 Å². The Labute approximate surface area is 116 Å². The van der Waals surface area contributed by atoms with Crippen LogP contribution in [0.1, 0.15) is 11.3 Å². The highest BCUT2D eigenvalue weighted by atomic mass is 79.9. The molecule has 0 atom stereocenters. The SMILES string of the molecule is NCC[n+]1ccccc1/C=C/c1ccc(Br)cc1. The maximum atomic E-state index is 5.60. The van der Waals surface area contributed by atoms with Crippen LogP contribution < -0.4 is 10.3 Å². The molecule has 2 rings (SSSR count). The number of nitrogens with zero attached hydrogens (tertiary/aromatic N) is 1. The minimum absolute atomic E-state index is 0.647. The van der Waals surface area contributed by atoms with Crippen molar-refractivity contribution in [2.75, 3.05) is 6.54 Å². The molecule has 92 valence electrons. The lowest BCUT2D eigenvalue weighted by molar-refractivity contribution is -0.696. The van der Waals surface area contributed by atoms with Crippen molar-refractivity contribution >= 4 is 28.1 Å². The highest BCUT2D eigenvalue weighted by molar-refractivity contribution is 9.10. The molecule has 2 N–H and O–H groups in total. The second-order valence-corrected chi connectivity index (χ2v) is 4.91. The van der Waals surface area contributed by atoms with Crippen LogP contribution in [0, 0.1) is 0 Å². The van der Waals surface area contributed by atoms with Crippen LogP contribution >= 0.6 is 15.9 Å². The highest BCUT2D eigenvalue weighted by Crippen LogP contribution is 2.12. The van der Waals surface area contributed by atoms with Crippen LogP contribution in [0.15, 0.2) is 53.1 Å². The average molecular weight is 304 g/mol. The molecule has 0 bridgehead atoms. The summed E-state index contributed by atoms with van der Waals surface area (Å²) in [5.41, 5.74) is 7.94. The molecule has 0 saturated carbocycles. The molecular formula is C15H16BrN2+. The summed E-state index contributed by atoms with van der Waals surface area (Å²) < 4.78 is 3.24. The summed E-state index contributed by atoms with van der Waals surface area (Å²) >= 11 is 3.43. The monoisotopic (exact) mass is 303 g/mol. The number of nitrogens with two attached hydrogens (primary N) is 1. The molecule has 0 aliphatic heterocycles. The Bertz CT molecular complexity index is 532. The zero-order valence-electron chi connectivity index (χ0n) is 10.1. The van der Waals surface area contributed by atoms with Gasteiger partial charge in [0.25, 0.3) is 0 Å². The van der Waals surface area contributed by atoms with E-state index >= 15 is 0 Å². The van der Waals surface area contributed by atoms with E-state index in [1.54, 1.807) is 0 Å². The molecule has 0 fully saturated rings. The number of rotatable bonds is 4. The van der Waals surface area contributed by atoms with Crippen molar-refractivity contribution in [1.82, 2.24) is 0 Å². The van der Waals surface area contributed by atoms with Gasteiger partial charge in [0, 0.05) is 22.7 Å². The molecule has 0 amide bonds. The van der Waals surface area contributed by atoms with Gasteiger partial charge in [0.2, 0.25) is 5.69 Å². The molecule has 0 aliphatic carbocycles. The highest BCUT2D eigenvalue weighted by Gasteiger charge is 2.03. The van der Waals surface area contributed by atoms with Gasteiger partial charge in [-0.3, -0.25) is 0 Å². The third-order valence-electron chi connectivity index (χ3n) is 2.66. The number of halogens is 1. The van der Waals surface area contributed by atoms with Crippen LogP contribution in [0.2, 0.25) is 0 Å². The van der Waals surface area contributed by atoms with E-state index < -0.39 is 0 Å². The summed E-state index contributed by atoms with van der Waals surface area (Å²) in [5.74, 6) is 0. The van der Waals surface area contributed by atoms with Crippen molar-refractivity contribution in [2.24, 2.45) is 5.73 Å². The van der Waals surface area contributed by atoms with Gasteiger partial charge in [-0.15, -0.1) is 0 Å². The zero-order valence-corrected chi connectivity index (χ0v) is 11.7. The van der Waals surface area contributed by atoms with Gasteiger partial charge in [-0.25, -0.2) is 0 Å². The van der Waals surface area contributed by atoms with E-state index in [9.17, 15) is 0 Å². The van der Waals surface area contributed by atoms with Crippen LogP contribution in [0.25, 0.3) is 12.2 Å². The van der Waals surface area contributed by atoms with E-state index in [0.29, 0.717) is 6.54 Å². The third-order valence-corrected chi connectivity index (χ3v) is 3.19. The largest absolute Gasteiger partial charge is 0.325 e. The molecule has 2 nitrogen and oxygen atoms in total. The number of hydrogen-bond donors (Lipinski definition) is 1. The minimum atomic E-state index is 0.647. The van der Waals surface area contributed by atoms with E-state index in [1.165, 1.54) is 5.56 Å². The second kappa shape index (κ2) is 6.47. The second-order valence-electron chi connectivity index (χ2n) is 3.99. The Balaban J connectivity index is 2.20. The van der Waals surface area contributed by atoms with Gasteiger partial charge in [0.15, 0.2) is 12.7 Å². The molecule has 0 saturated heterocycles. The molecule has 3 heteroatoms. The van der Waals surface area contributed by atoms with E-state index in [4.69, 9.17) is 5.73 Å². The molecule has 0 aliphatic rings.